The van der Waals surface area contributed by atoms with Crippen LogP contribution in [-0.2, 0) is 36.8 Å². The van der Waals surface area contributed by atoms with Crippen molar-refractivity contribution in [2.45, 2.75) is 12.4 Å². The summed E-state index contributed by atoms with van der Waals surface area (Å²) < 4.78 is 71.4. The number of carboxylic acid groups (broad SMARTS) is 2. The molecule has 0 saturated heterocycles. The van der Waals surface area contributed by atoms with Gasteiger partial charge in [-0.3, -0.25) is 0 Å². The summed E-state index contributed by atoms with van der Waals surface area (Å²) in [6.45, 7) is 0. The molecule has 1 radical (unpaired) electrons. The van der Waals surface area contributed by atoms with Crippen LogP contribution in [-0.4, -0.2) is 90.2 Å². The average Bonchev–Trinajstić information content (AvgIpc) is 3.09. The monoisotopic (exact) mass is 2300 g/mol. The number of alkyl halides is 6. The summed E-state index contributed by atoms with van der Waals surface area (Å²) in [7, 11) is 5.58. The van der Waals surface area contributed by atoms with Gasteiger partial charge >= 0.3 is 89.1 Å². The number of nitrogens with one attached hydrogen (secondary N) is 1. The van der Waals surface area contributed by atoms with E-state index in [2.05, 4.69) is 116 Å². The maximum absolute atomic E-state index is 12.0. The van der Waals surface area contributed by atoms with Crippen LogP contribution >= 0.6 is 71.5 Å². The van der Waals surface area contributed by atoms with Gasteiger partial charge in [-0.05, 0) is 75.6 Å². The molecule has 0 spiro atoms. The fourth-order valence-electron chi connectivity index (χ4n) is 2.26. The molecule has 32 heteroatoms. The zero-order valence-electron chi connectivity index (χ0n) is 29.1. The molecule has 0 bridgehead atoms. The molecule has 0 unspecified atom stereocenters. The number of carboxylic acids is 2. The molecule has 4 aromatic rings. The number of carbonyl (C=O) groups is 2. The van der Waals surface area contributed by atoms with Gasteiger partial charge in [-0.25, -0.2) is 19.6 Å². The number of aromatic carboxylic acids is 2. The van der Waals surface area contributed by atoms with Gasteiger partial charge in [-0.1, -0.05) is 0 Å². The van der Waals surface area contributed by atoms with Gasteiger partial charge in [0.2, 0.25) is 5.28 Å². The third-order valence-corrected chi connectivity index (χ3v) is 4.36. The first-order chi connectivity index (χ1) is 23.7. The van der Waals surface area contributed by atoms with Gasteiger partial charge in [0, 0.05) is 43.5 Å². The van der Waals surface area contributed by atoms with E-state index in [1.54, 1.807) is 0 Å². The van der Waals surface area contributed by atoms with Gasteiger partial charge in [0.05, 0.1) is 17.1 Å². The Morgan fingerprint density at radius 3 is 1.14 bits per heavy atom. The molecule has 0 fully saturated rings. The summed E-state index contributed by atoms with van der Waals surface area (Å²) in [5.74, 6) is -1.94. The molecule has 0 amide bonds. The zero-order valence-corrected chi connectivity index (χ0v) is 65.0. The fraction of sp³-hybridized carbons (Fsp3) is 0.250. The molecule has 4 aromatic heterocycles. The van der Waals surface area contributed by atoms with Crippen molar-refractivity contribution in [2.24, 2.45) is 0 Å². The molecule has 4 heterocycles. The molecule has 299 valence electrons. The topological polar surface area (TPSA) is 244 Å². The summed E-state index contributed by atoms with van der Waals surface area (Å²) in [5, 5.41) is 27.2. The molecule has 56 heavy (non-hydrogen) atoms. The number of hydrogen-bond donors (Lipinski definition) is 2. The maximum Gasteiger partial charge on any atom is 0 e. The van der Waals surface area contributed by atoms with E-state index in [4.69, 9.17) is 27.5 Å². The molecule has 0 aliphatic heterocycles. The summed E-state index contributed by atoms with van der Waals surface area (Å²) in [6.07, 6.45) is -4.18. The number of aromatic nitrogens is 8. The second-order valence-electron chi connectivity index (χ2n) is 7.40. The van der Waals surface area contributed by atoms with Gasteiger partial charge in [0.1, 0.15) is 5.69 Å². The average molecular weight is 2300 g/mol. The Morgan fingerprint density at radius 2 is 0.893 bits per heavy atom. The van der Waals surface area contributed by atoms with Gasteiger partial charge in [0.25, 0.3) is 0 Å². The molecule has 16 nitrogen and oxygen atoms in total. The van der Waals surface area contributed by atoms with Crippen LogP contribution in [0, 0.1) is 0 Å². The van der Waals surface area contributed by atoms with Crippen molar-refractivity contribution in [3.63, 3.8) is 0 Å². The quantitative estimate of drug-likeness (QED) is 0.0822. The Kier molecular flexibility index (Phi) is 38.7. The van der Waals surface area contributed by atoms with E-state index in [1.807, 2.05) is 0 Å². The fourth-order valence-corrected chi connectivity index (χ4v) is 2.40. The molecule has 0 saturated carbocycles. The molecular formula is C24H23ClF6I3N12O4Rf4RhV-4. The number of nitrogens with zero attached hydrogens (tertiary/aromatic N) is 11. The first-order valence-electron chi connectivity index (χ1n) is 12.4. The van der Waals surface area contributed by atoms with Gasteiger partial charge in [0.15, 0.2) is 0 Å². The van der Waals surface area contributed by atoms with Crippen molar-refractivity contribution < 1.29 is 70.5 Å². The molecule has 0 aromatic carbocycles. The predicted molar refractivity (Wildman–Crippen MR) is 196 cm³/mol. The Labute approximate surface area is 347 Å². The van der Waals surface area contributed by atoms with E-state index < -0.39 is 41.0 Å². The Hall–Kier alpha value is -6.11. The summed E-state index contributed by atoms with van der Waals surface area (Å²) in [6, 6.07) is 4.19. The summed E-state index contributed by atoms with van der Waals surface area (Å²) in [4.78, 5) is 48.0. The molecule has 3 N–H and O–H groups in total. The van der Waals surface area contributed by atoms with Crippen LogP contribution in [0.1, 0.15) is 32.4 Å². The second-order valence-corrected chi connectivity index (χ2v) is 43.1. The molecular weight excluding hydrogens is 2270 g/mol. The SMILES string of the molecule is C[N-]c1nccc(C(=O)O)n1.C[N-]c1nccc(C(=O)O)n1.C[N-]c1nccc(C(F)(F)F)n1.C[NH-].FC(F)(F)c1ccnc(Cl)n1.[I][V]([I])[I].[Rf].[Rf].[Rf].[Rf].[Rh]. The van der Waals surface area contributed by atoms with Crippen molar-refractivity contribution in [2.75, 3.05) is 28.2 Å². The van der Waals surface area contributed by atoms with E-state index in [0.29, 0.717) is 0 Å². The minimum Gasteiger partial charge on any atom is 0 e. The van der Waals surface area contributed by atoms with E-state index in [9.17, 15) is 35.9 Å². The van der Waals surface area contributed by atoms with Crippen molar-refractivity contribution in [3.05, 3.63) is 98.8 Å². The van der Waals surface area contributed by atoms with Crippen molar-refractivity contribution in [1.29, 1.82) is 0 Å². The van der Waals surface area contributed by atoms with E-state index in [-0.39, 0.29) is 53.6 Å². The summed E-state index contributed by atoms with van der Waals surface area (Å²) in [5.41, 5.74) is 3.66. The number of rotatable bonds is 5. The standard InChI is InChI=1S/C6H5F3N3.2C6H7N3O2.C5H2ClF3N2.CH4N.3HI.4Rf.Rh.V/c1-10-5-11-3-2-4(12-5)6(7,8)9;2*1-7-6-8-3-2-4(9-6)5(10)11;6-4-10-2-1-3(11-4)5(7,8)9;1-2;;;;;;;;;/h2-3H,1H3;2*2-3H,1H3,(H2,7,8,9,10,11);1-2H;2H,1H3;3*1H;;;;;;/q-1;;;;-1;;;;;;;;;+3/p-5. The maximum atomic E-state index is 12.0. The third-order valence-electron chi connectivity index (χ3n) is 4.17. The smallest absolute Gasteiger partial charge is 0 e. The van der Waals surface area contributed by atoms with Gasteiger partial charge in [-0.2, -0.15) is 33.4 Å². The predicted octanol–water partition coefficient (Wildman–Crippen LogP) is 9.22. The first-order valence-corrected chi connectivity index (χ1v) is 26.3. The molecule has 0 aliphatic carbocycles. The van der Waals surface area contributed by atoms with Crippen LogP contribution in [0.25, 0.3) is 21.7 Å². The Morgan fingerprint density at radius 1 is 0.625 bits per heavy atom. The van der Waals surface area contributed by atoms with E-state index >= 15 is 0 Å². The zero-order chi connectivity index (χ0) is 39.8. The molecule has 0 atom stereocenters. The summed E-state index contributed by atoms with van der Waals surface area (Å²) >= 11 is 12.5. The van der Waals surface area contributed by atoms with Gasteiger partial charge in [-0.15, -0.1) is 0 Å². The van der Waals surface area contributed by atoms with Crippen LogP contribution in [0.4, 0.5) is 44.2 Å². The van der Waals surface area contributed by atoms with Crippen LogP contribution < -0.4 is 0 Å². The number of halogens is 10. The minimum absolute atomic E-state index is 0. The largest absolute Gasteiger partial charge is 0 e. The Bertz CT molecular complexity index is 1590. The minimum atomic E-state index is -4.45. The van der Waals surface area contributed by atoms with Crippen molar-refractivity contribution in [3.8, 4) is 0 Å². The van der Waals surface area contributed by atoms with Gasteiger partial charge < -0.3 is 61.8 Å². The molecule has 4 rings (SSSR count). The Balaban J connectivity index is -0.000000106. The first kappa shape index (κ1) is 64.8. The normalized spacial score (nSPS) is 9.07. The van der Waals surface area contributed by atoms with Crippen molar-refractivity contribution >= 4 is 101 Å². The van der Waals surface area contributed by atoms with E-state index in [0.717, 1.165) is 24.5 Å². The van der Waals surface area contributed by atoms with Crippen LogP contribution in [0.3, 0.4) is 0 Å². The van der Waals surface area contributed by atoms with Crippen LogP contribution in [0.2, 0.25) is 5.28 Å². The van der Waals surface area contributed by atoms with Crippen LogP contribution in [0.15, 0.2) is 49.1 Å². The second kappa shape index (κ2) is 33.5. The number of hydrogen-bond acceptors (Lipinski definition) is 10. The van der Waals surface area contributed by atoms with E-state index in [1.165, 1.54) is 52.7 Å². The van der Waals surface area contributed by atoms with Crippen LogP contribution in [0.5, 0.6) is 0 Å². The van der Waals surface area contributed by atoms with Crippen molar-refractivity contribution in [1.82, 2.24) is 39.9 Å². The third kappa shape index (κ3) is 29.4. The molecule has 0 aliphatic rings.